The van der Waals surface area contributed by atoms with E-state index in [-0.39, 0.29) is 37.2 Å². The van der Waals surface area contributed by atoms with Gasteiger partial charge in [0.2, 0.25) is 0 Å². The molecule has 17 atom stereocenters. The normalized spacial score (nSPS) is 38.4. The van der Waals surface area contributed by atoms with Crippen LogP contribution < -0.4 is 0 Å². The summed E-state index contributed by atoms with van der Waals surface area (Å²) in [7, 11) is -18.9. The summed E-state index contributed by atoms with van der Waals surface area (Å²) in [4.78, 5) is 42.1. The second-order valence-electron chi connectivity index (χ2n) is 16.4. The average Bonchev–Trinajstić information content (AvgIpc) is 3.80. The van der Waals surface area contributed by atoms with Gasteiger partial charge in [-0.05, 0) is 66.7 Å². The molecule has 20 nitrogen and oxygen atoms in total. The van der Waals surface area contributed by atoms with E-state index in [1.54, 1.807) is 41.5 Å². The van der Waals surface area contributed by atoms with Crippen LogP contribution in [0, 0.1) is 11.8 Å². The Morgan fingerprint density at radius 1 is 0.632 bits per heavy atom. The van der Waals surface area contributed by atoms with Crippen LogP contribution in [0.2, 0.25) is 0 Å². The fourth-order valence-electron chi connectivity index (χ4n) is 7.31. The Kier molecular flexibility index (Phi) is 17.5. The lowest BCUT2D eigenvalue weighted by molar-refractivity contribution is -0.0487. The van der Waals surface area contributed by atoms with Gasteiger partial charge in [-0.15, -0.1) is 6.58 Å². The van der Waals surface area contributed by atoms with Crippen molar-refractivity contribution in [2.45, 2.75) is 167 Å². The molecule has 4 aliphatic rings. The molecule has 0 spiro atoms. The van der Waals surface area contributed by atoms with Crippen molar-refractivity contribution in [3.05, 3.63) is 12.7 Å². The summed E-state index contributed by atoms with van der Waals surface area (Å²) in [5.41, 5.74) is -0.988. The highest BCUT2D eigenvalue weighted by molar-refractivity contribution is 7.48. The summed E-state index contributed by atoms with van der Waals surface area (Å²) in [6, 6.07) is 0. The molecule has 0 aliphatic carbocycles. The molecule has 4 rings (SSSR count). The maximum absolute atomic E-state index is 13.2. The Balaban J connectivity index is 1.29. The summed E-state index contributed by atoms with van der Waals surface area (Å²) >= 11 is 0. The van der Waals surface area contributed by atoms with Gasteiger partial charge in [0, 0.05) is 19.3 Å². The molecule has 9 unspecified atom stereocenters. The third-order valence-corrected chi connectivity index (χ3v) is 14.0. The summed E-state index contributed by atoms with van der Waals surface area (Å²) in [6.07, 6.45) is -6.93. The van der Waals surface area contributed by atoms with E-state index in [1.807, 2.05) is 20.8 Å². The predicted molar refractivity (Wildman–Crippen MR) is 202 cm³/mol. The van der Waals surface area contributed by atoms with Gasteiger partial charge in [-0.2, -0.15) is 0 Å². The number of ether oxygens (including phenoxy) is 4. The van der Waals surface area contributed by atoms with Crippen LogP contribution in [0.1, 0.15) is 88.0 Å². The molecule has 24 heteroatoms. The maximum Gasteiger partial charge on any atom is 0.473 e. The van der Waals surface area contributed by atoms with Crippen LogP contribution in [0.25, 0.3) is 0 Å². The van der Waals surface area contributed by atoms with Crippen molar-refractivity contribution in [2.24, 2.45) is 11.8 Å². The maximum atomic E-state index is 13.2. The molecule has 57 heavy (non-hydrogen) atoms. The predicted octanol–water partition coefficient (Wildman–Crippen LogP) is 5.96. The zero-order chi connectivity index (χ0) is 42.7. The third-order valence-electron chi connectivity index (χ3n) is 9.64. The summed E-state index contributed by atoms with van der Waals surface area (Å²) in [5, 5.41) is 0. The fraction of sp³-hybridized carbons (Fsp3) is 0.939. The van der Waals surface area contributed by atoms with Crippen LogP contribution in [0.4, 0.5) is 0 Å². The standard InChI is InChI=1S/C33H62O20P4/c1-11-25(32-24(19(2)3)12-20(4)48-32)49-57(40,41)52-28-15-23(7)46-30(28)17-43-55(36,37)50-26-13-21(5)45-29(26)16-42-54(34,35)51-27-14-22(6)47-31(27)18-44-56(38,39)53-33(8,9)10/h11,19-32H,1,12-18H2,2-10H3,(H,34,35)(H,36,37)(H,38,39)(H,40,41)/t20-,21-,22-,23-,24?,25?,26?,27?,28?,29+,30+,31+,32-/m0/s1. The van der Waals surface area contributed by atoms with Crippen molar-refractivity contribution in [1.29, 1.82) is 0 Å². The monoisotopic (exact) mass is 902 g/mol. The van der Waals surface area contributed by atoms with Crippen LogP contribution >= 0.6 is 31.3 Å². The van der Waals surface area contributed by atoms with Crippen LogP contribution in [0.15, 0.2) is 12.7 Å². The number of hydrogen-bond donors (Lipinski definition) is 4. The molecule has 0 radical (unpaired) electrons. The average molecular weight is 903 g/mol. The van der Waals surface area contributed by atoms with Crippen LogP contribution in [0.5, 0.6) is 0 Å². The molecular weight excluding hydrogens is 840 g/mol. The van der Waals surface area contributed by atoms with Crippen molar-refractivity contribution in [3.63, 3.8) is 0 Å². The number of rotatable bonds is 21. The Labute approximate surface area is 334 Å². The molecule has 0 aromatic carbocycles. The van der Waals surface area contributed by atoms with E-state index in [0.717, 1.165) is 6.42 Å². The van der Waals surface area contributed by atoms with Gasteiger partial charge in [0.05, 0.1) is 55.9 Å². The second-order valence-corrected chi connectivity index (χ2v) is 22.0. The number of phosphoric ester groups is 4. The van der Waals surface area contributed by atoms with Gasteiger partial charge in [-0.25, -0.2) is 18.3 Å². The zero-order valence-electron chi connectivity index (χ0n) is 33.9. The lowest BCUT2D eigenvalue weighted by Crippen LogP contribution is -2.35. The van der Waals surface area contributed by atoms with Gasteiger partial charge in [0.25, 0.3) is 0 Å². The smallest absolute Gasteiger partial charge is 0.372 e. The van der Waals surface area contributed by atoms with Crippen molar-refractivity contribution in [2.75, 3.05) is 19.8 Å². The van der Waals surface area contributed by atoms with Crippen LogP contribution in [-0.4, -0.2) is 118 Å². The largest absolute Gasteiger partial charge is 0.473 e. The Morgan fingerprint density at radius 2 is 1.00 bits per heavy atom. The minimum Gasteiger partial charge on any atom is -0.372 e. The fourth-order valence-corrected chi connectivity index (χ4v) is 11.4. The second kappa shape index (κ2) is 20.0. The molecular formula is C33H62O20P4. The first-order chi connectivity index (χ1) is 26.2. The van der Waals surface area contributed by atoms with E-state index in [4.69, 9.17) is 55.1 Å². The summed E-state index contributed by atoms with van der Waals surface area (Å²) in [6.45, 7) is 17.8. The molecule has 0 aromatic heterocycles. The summed E-state index contributed by atoms with van der Waals surface area (Å²) < 4.78 is 117. The Hall–Kier alpha value is 0.0200. The first-order valence-electron chi connectivity index (χ1n) is 19.1. The van der Waals surface area contributed by atoms with Crippen molar-refractivity contribution in [3.8, 4) is 0 Å². The van der Waals surface area contributed by atoms with Gasteiger partial charge in [-0.3, -0.25) is 36.2 Å². The Morgan fingerprint density at radius 3 is 1.37 bits per heavy atom. The van der Waals surface area contributed by atoms with Crippen molar-refractivity contribution >= 4 is 31.3 Å². The van der Waals surface area contributed by atoms with Crippen LogP contribution in [0.3, 0.4) is 0 Å². The van der Waals surface area contributed by atoms with E-state index in [2.05, 4.69) is 6.58 Å². The molecule has 0 aromatic rings. The highest BCUT2D eigenvalue weighted by atomic mass is 31.2. The Bertz CT molecular complexity index is 1530. The first-order valence-corrected chi connectivity index (χ1v) is 25.1. The van der Waals surface area contributed by atoms with E-state index >= 15 is 0 Å². The van der Waals surface area contributed by atoms with Crippen LogP contribution in [-0.2, 0) is 73.4 Å². The molecule has 4 heterocycles. The van der Waals surface area contributed by atoms with Crippen molar-refractivity contribution < 1.29 is 93.0 Å². The van der Waals surface area contributed by atoms with Crippen molar-refractivity contribution in [1.82, 2.24) is 0 Å². The molecule has 0 amide bonds. The minimum absolute atomic E-state index is 0.0549. The first kappa shape index (κ1) is 49.7. The molecule has 0 saturated carbocycles. The number of phosphoric acid groups is 4. The summed E-state index contributed by atoms with van der Waals surface area (Å²) in [5.74, 6) is 0.270. The molecule has 4 aliphatic heterocycles. The van der Waals surface area contributed by atoms with Gasteiger partial charge >= 0.3 is 31.3 Å². The van der Waals surface area contributed by atoms with Gasteiger partial charge in [-0.1, -0.05) is 19.9 Å². The van der Waals surface area contributed by atoms with Gasteiger partial charge < -0.3 is 38.5 Å². The molecule has 4 saturated heterocycles. The van der Waals surface area contributed by atoms with E-state index in [0.29, 0.717) is 0 Å². The SMILES string of the molecule is C=CC(OP(=O)(O)OC1C[C@H](C)O[C@@H]1COP(=O)(O)OC1C[C@H](C)O[C@@H]1COP(=O)(O)OC1C[C@H](C)O[C@@H]1COP(=O)(O)OC(C)(C)C)[C@H]1O[C@@H](C)CC1C(C)C. The third kappa shape index (κ3) is 15.7. The topological polar surface area (TPSA) is 260 Å². The lowest BCUT2D eigenvalue weighted by atomic mass is 9.86. The molecule has 4 N–H and O–H groups in total. The lowest BCUT2D eigenvalue weighted by Gasteiger charge is -2.30. The van der Waals surface area contributed by atoms with Gasteiger partial charge in [0.15, 0.2) is 0 Å². The molecule has 334 valence electrons. The van der Waals surface area contributed by atoms with E-state index in [9.17, 15) is 37.8 Å². The van der Waals surface area contributed by atoms with Gasteiger partial charge in [0.1, 0.15) is 42.7 Å². The highest BCUT2D eigenvalue weighted by Crippen LogP contribution is 2.54. The highest BCUT2D eigenvalue weighted by Gasteiger charge is 2.47. The molecule has 4 fully saturated rings. The van der Waals surface area contributed by atoms with E-state index < -0.39 is 124 Å². The quantitative estimate of drug-likeness (QED) is 0.0765. The van der Waals surface area contributed by atoms with E-state index in [1.165, 1.54) is 6.08 Å². The molecule has 0 bridgehead atoms. The minimum atomic E-state index is -4.87. The zero-order valence-corrected chi connectivity index (χ0v) is 37.5. The number of hydrogen-bond acceptors (Lipinski definition) is 16.